The van der Waals surface area contributed by atoms with Crippen molar-refractivity contribution in [3.8, 4) is 11.6 Å². The predicted molar refractivity (Wildman–Crippen MR) is 85.0 cm³/mol. The molecule has 0 bridgehead atoms. The lowest BCUT2D eigenvalue weighted by Gasteiger charge is -2.14. The maximum Gasteiger partial charge on any atom is 0.233 e. The summed E-state index contributed by atoms with van der Waals surface area (Å²) in [5.41, 5.74) is 2.26. The van der Waals surface area contributed by atoms with Crippen LogP contribution in [0.25, 0.3) is 0 Å². The van der Waals surface area contributed by atoms with E-state index in [-0.39, 0.29) is 0 Å². The molecule has 2 rings (SSSR count). The van der Waals surface area contributed by atoms with E-state index >= 15 is 0 Å². The van der Waals surface area contributed by atoms with Crippen molar-refractivity contribution >= 4 is 31.9 Å². The van der Waals surface area contributed by atoms with E-state index in [9.17, 15) is 0 Å². The van der Waals surface area contributed by atoms with Gasteiger partial charge in [-0.15, -0.1) is 0 Å². The van der Waals surface area contributed by atoms with Crippen LogP contribution in [0.5, 0.6) is 11.6 Å². The van der Waals surface area contributed by atoms with Gasteiger partial charge in [0.1, 0.15) is 5.75 Å². The lowest BCUT2D eigenvalue weighted by molar-refractivity contribution is 0.450. The molecule has 1 aromatic carbocycles. The Morgan fingerprint density at radius 2 is 1.89 bits per heavy atom. The number of halogens is 2. The monoisotopic (exact) mass is 383 g/mol. The van der Waals surface area contributed by atoms with Gasteiger partial charge in [-0.1, -0.05) is 29.8 Å². The van der Waals surface area contributed by atoms with Gasteiger partial charge in [0, 0.05) is 10.7 Å². The van der Waals surface area contributed by atoms with Gasteiger partial charge in [-0.3, -0.25) is 0 Å². The maximum absolute atomic E-state index is 5.96. The Balaban J connectivity index is 2.41. The van der Waals surface area contributed by atoms with Crippen LogP contribution >= 0.6 is 31.9 Å². The van der Waals surface area contributed by atoms with Crippen LogP contribution < -0.4 is 4.74 Å². The highest BCUT2D eigenvalue weighted by molar-refractivity contribution is 9.10. The first-order chi connectivity index (χ1) is 8.99. The Labute approximate surface area is 130 Å². The van der Waals surface area contributed by atoms with Gasteiger partial charge in [0.05, 0.1) is 4.47 Å². The second-order valence-corrected chi connectivity index (χ2v) is 6.39. The Bertz CT molecular complexity index is 597. The molecule has 2 nitrogen and oxygen atoms in total. The molecule has 0 radical (unpaired) electrons. The standard InChI is InChI=1S/C15H15Br2NO/c1-9(2)12-8-11(16)4-5-13(12)19-15-14(17)10(3)6-7-18-15/h4-9H,1-3H3. The molecule has 1 heterocycles. The predicted octanol–water partition coefficient (Wildman–Crippen LogP) is 5.83. The van der Waals surface area contributed by atoms with Gasteiger partial charge < -0.3 is 4.74 Å². The van der Waals surface area contributed by atoms with Crippen LogP contribution in [0, 0.1) is 6.92 Å². The average molecular weight is 385 g/mol. The Kier molecular flexibility index (Phi) is 4.63. The number of aromatic nitrogens is 1. The second kappa shape index (κ2) is 6.06. The van der Waals surface area contributed by atoms with Crippen molar-refractivity contribution in [1.82, 2.24) is 4.98 Å². The molecule has 0 aliphatic heterocycles. The zero-order valence-electron chi connectivity index (χ0n) is 11.1. The number of ether oxygens (including phenoxy) is 1. The summed E-state index contributed by atoms with van der Waals surface area (Å²) in [7, 11) is 0. The maximum atomic E-state index is 5.96. The third-order valence-corrected chi connectivity index (χ3v) is 4.31. The third-order valence-electron chi connectivity index (χ3n) is 2.85. The average Bonchev–Trinajstić information content (AvgIpc) is 2.36. The molecular formula is C15H15Br2NO. The second-order valence-electron chi connectivity index (χ2n) is 4.69. The number of hydrogen-bond donors (Lipinski definition) is 0. The fourth-order valence-corrected chi connectivity index (χ4v) is 2.45. The molecule has 100 valence electrons. The van der Waals surface area contributed by atoms with E-state index in [4.69, 9.17) is 4.74 Å². The number of hydrogen-bond acceptors (Lipinski definition) is 2. The first-order valence-electron chi connectivity index (χ1n) is 6.07. The molecule has 1 aromatic heterocycles. The summed E-state index contributed by atoms with van der Waals surface area (Å²) in [5, 5.41) is 0. The topological polar surface area (TPSA) is 22.1 Å². The minimum absolute atomic E-state index is 0.385. The van der Waals surface area contributed by atoms with Crippen LogP contribution in [0.15, 0.2) is 39.4 Å². The molecule has 19 heavy (non-hydrogen) atoms. The van der Waals surface area contributed by atoms with E-state index in [1.165, 1.54) is 0 Å². The van der Waals surface area contributed by atoms with Gasteiger partial charge in [-0.05, 0) is 64.2 Å². The molecule has 0 unspecified atom stereocenters. The number of aryl methyl sites for hydroxylation is 1. The first kappa shape index (κ1) is 14.5. The fraction of sp³-hybridized carbons (Fsp3) is 0.267. The molecule has 0 amide bonds. The van der Waals surface area contributed by atoms with Crippen LogP contribution in [0.1, 0.15) is 30.9 Å². The molecular weight excluding hydrogens is 370 g/mol. The SMILES string of the molecule is Cc1ccnc(Oc2ccc(Br)cc2C(C)C)c1Br. The minimum atomic E-state index is 0.385. The molecule has 0 saturated heterocycles. The molecule has 2 aromatic rings. The van der Waals surface area contributed by atoms with Crippen molar-refractivity contribution < 1.29 is 4.74 Å². The summed E-state index contributed by atoms with van der Waals surface area (Å²) in [6.45, 7) is 6.31. The number of pyridine rings is 1. The highest BCUT2D eigenvalue weighted by atomic mass is 79.9. The summed E-state index contributed by atoms with van der Waals surface area (Å²) in [6, 6.07) is 7.98. The van der Waals surface area contributed by atoms with Gasteiger partial charge >= 0.3 is 0 Å². The van der Waals surface area contributed by atoms with Gasteiger partial charge in [-0.2, -0.15) is 0 Å². The molecule has 0 fully saturated rings. The van der Waals surface area contributed by atoms with Crippen LogP contribution in [0.4, 0.5) is 0 Å². The van der Waals surface area contributed by atoms with Crippen LogP contribution in [-0.4, -0.2) is 4.98 Å². The van der Waals surface area contributed by atoms with E-state index in [0.29, 0.717) is 11.8 Å². The molecule has 0 spiro atoms. The van der Waals surface area contributed by atoms with Crippen molar-refractivity contribution in [1.29, 1.82) is 0 Å². The van der Waals surface area contributed by atoms with E-state index in [2.05, 4.69) is 56.8 Å². The Morgan fingerprint density at radius 3 is 2.58 bits per heavy atom. The van der Waals surface area contributed by atoms with E-state index in [0.717, 1.165) is 25.8 Å². The van der Waals surface area contributed by atoms with Crippen molar-refractivity contribution in [2.24, 2.45) is 0 Å². The minimum Gasteiger partial charge on any atom is -0.438 e. The van der Waals surface area contributed by atoms with E-state index < -0.39 is 0 Å². The van der Waals surface area contributed by atoms with Gasteiger partial charge in [0.25, 0.3) is 0 Å². The normalized spacial score (nSPS) is 10.8. The summed E-state index contributed by atoms with van der Waals surface area (Å²) in [6.07, 6.45) is 1.75. The van der Waals surface area contributed by atoms with Crippen molar-refractivity contribution in [2.75, 3.05) is 0 Å². The van der Waals surface area contributed by atoms with Crippen LogP contribution in [0.2, 0.25) is 0 Å². The smallest absolute Gasteiger partial charge is 0.233 e. The number of rotatable bonds is 3. The lowest BCUT2D eigenvalue weighted by atomic mass is 10.0. The summed E-state index contributed by atoms with van der Waals surface area (Å²) in [5.74, 6) is 1.83. The molecule has 0 N–H and O–H groups in total. The molecule has 0 atom stereocenters. The summed E-state index contributed by atoms with van der Waals surface area (Å²) >= 11 is 7.01. The van der Waals surface area contributed by atoms with Gasteiger partial charge in [0.15, 0.2) is 0 Å². The van der Waals surface area contributed by atoms with Crippen molar-refractivity contribution in [2.45, 2.75) is 26.7 Å². The number of benzene rings is 1. The van der Waals surface area contributed by atoms with Crippen LogP contribution in [-0.2, 0) is 0 Å². The summed E-state index contributed by atoms with van der Waals surface area (Å²) in [4.78, 5) is 4.28. The highest BCUT2D eigenvalue weighted by Gasteiger charge is 2.12. The molecule has 0 aliphatic carbocycles. The number of nitrogens with zero attached hydrogens (tertiary/aromatic N) is 1. The Hall–Kier alpha value is -0.870. The quantitative estimate of drug-likeness (QED) is 0.663. The zero-order valence-corrected chi connectivity index (χ0v) is 14.2. The summed E-state index contributed by atoms with van der Waals surface area (Å²) < 4.78 is 7.91. The van der Waals surface area contributed by atoms with Crippen LogP contribution in [0.3, 0.4) is 0 Å². The highest BCUT2D eigenvalue weighted by Crippen LogP contribution is 2.35. The fourth-order valence-electron chi connectivity index (χ4n) is 1.75. The van der Waals surface area contributed by atoms with E-state index in [1.807, 2.05) is 25.1 Å². The molecule has 0 aliphatic rings. The molecule has 4 heteroatoms. The lowest BCUT2D eigenvalue weighted by Crippen LogP contribution is -1.96. The first-order valence-corrected chi connectivity index (χ1v) is 7.66. The molecule has 0 saturated carbocycles. The largest absolute Gasteiger partial charge is 0.438 e. The van der Waals surface area contributed by atoms with Crippen molar-refractivity contribution in [3.63, 3.8) is 0 Å². The van der Waals surface area contributed by atoms with Gasteiger partial charge in [-0.25, -0.2) is 4.98 Å². The Morgan fingerprint density at radius 1 is 1.16 bits per heavy atom. The van der Waals surface area contributed by atoms with E-state index in [1.54, 1.807) is 6.20 Å². The van der Waals surface area contributed by atoms with Crippen molar-refractivity contribution in [3.05, 3.63) is 50.5 Å². The zero-order chi connectivity index (χ0) is 14.0. The van der Waals surface area contributed by atoms with Gasteiger partial charge in [0.2, 0.25) is 5.88 Å². The third kappa shape index (κ3) is 3.37.